The Morgan fingerprint density at radius 1 is 1.14 bits per heavy atom. The van der Waals surface area contributed by atoms with Gasteiger partial charge in [-0.05, 0) is 24.6 Å². The topological polar surface area (TPSA) is 91.0 Å². The van der Waals surface area contributed by atoms with E-state index in [2.05, 4.69) is 20.4 Å². The van der Waals surface area contributed by atoms with Crippen molar-refractivity contribution >= 4 is 16.9 Å². The first kappa shape index (κ1) is 13.2. The second-order valence-corrected chi connectivity index (χ2v) is 4.62. The summed E-state index contributed by atoms with van der Waals surface area (Å²) in [5.41, 5.74) is 1.92. The molecule has 0 bridgehead atoms. The number of carbonyl (C=O) groups excluding carboxylic acids is 1. The van der Waals surface area contributed by atoms with Crippen LogP contribution in [0.2, 0.25) is 0 Å². The van der Waals surface area contributed by atoms with Crippen LogP contribution in [0.4, 0.5) is 0 Å². The van der Waals surface area contributed by atoms with Crippen LogP contribution in [0.1, 0.15) is 18.4 Å². The third-order valence-corrected chi connectivity index (χ3v) is 2.85. The van der Waals surface area contributed by atoms with Crippen molar-refractivity contribution < 1.29 is 13.9 Å². The van der Waals surface area contributed by atoms with Crippen LogP contribution < -0.4 is 4.74 Å². The molecule has 3 aromatic rings. The fourth-order valence-corrected chi connectivity index (χ4v) is 1.97. The Labute approximate surface area is 120 Å². The number of hydrogen-bond donors (Lipinski definition) is 0. The molecule has 3 rings (SSSR count). The number of aromatic nitrogens is 4. The molecule has 0 saturated heterocycles. The van der Waals surface area contributed by atoms with Crippen LogP contribution in [0, 0.1) is 13.8 Å². The normalized spacial score (nSPS) is 10.8. The zero-order valence-corrected chi connectivity index (χ0v) is 11.7. The van der Waals surface area contributed by atoms with E-state index in [1.165, 1.54) is 6.92 Å². The summed E-state index contributed by atoms with van der Waals surface area (Å²) in [5, 5.41) is 16.5. The number of fused-ring (bicyclic) bond motifs is 1. The number of benzene rings is 1. The average Bonchev–Trinajstić information content (AvgIpc) is 2.84. The maximum atomic E-state index is 11.4. The predicted octanol–water partition coefficient (Wildman–Crippen LogP) is 2.22. The lowest BCUT2D eigenvalue weighted by molar-refractivity contribution is -0.131. The molecule has 0 fully saturated rings. The number of ether oxygens (including phenoxy) is 1. The molecule has 0 radical (unpaired) electrons. The fourth-order valence-electron chi connectivity index (χ4n) is 1.97. The molecule has 0 unspecified atom stereocenters. The highest BCUT2D eigenvalue weighted by molar-refractivity contribution is 5.91. The summed E-state index contributed by atoms with van der Waals surface area (Å²) in [6.45, 7) is 4.94. The highest BCUT2D eigenvalue weighted by Crippen LogP contribution is 2.33. The number of esters is 1. The molecule has 1 aromatic carbocycles. The Morgan fingerprint density at radius 3 is 2.62 bits per heavy atom. The van der Waals surface area contributed by atoms with Gasteiger partial charge in [0.1, 0.15) is 0 Å². The number of carbonyl (C=O) groups is 1. The molecular weight excluding hydrogens is 272 g/mol. The van der Waals surface area contributed by atoms with Gasteiger partial charge in [-0.15, -0.1) is 20.4 Å². The molecule has 21 heavy (non-hydrogen) atoms. The van der Waals surface area contributed by atoms with Gasteiger partial charge in [-0.25, -0.2) is 0 Å². The lowest BCUT2D eigenvalue weighted by Crippen LogP contribution is -2.05. The van der Waals surface area contributed by atoms with E-state index < -0.39 is 5.97 Å². The molecule has 0 N–H and O–H groups in total. The minimum Gasteiger partial charge on any atom is -0.423 e. The first-order valence-electron chi connectivity index (χ1n) is 6.30. The summed E-state index contributed by atoms with van der Waals surface area (Å²) in [6.07, 6.45) is 0. The zero-order valence-electron chi connectivity index (χ0n) is 11.7. The van der Waals surface area contributed by atoms with Crippen molar-refractivity contribution in [3.8, 4) is 17.3 Å². The minimum absolute atomic E-state index is 0.165. The molecule has 106 valence electrons. The second-order valence-electron chi connectivity index (χ2n) is 4.62. The van der Waals surface area contributed by atoms with E-state index in [4.69, 9.17) is 9.15 Å². The van der Waals surface area contributed by atoms with E-state index in [0.29, 0.717) is 16.8 Å². The van der Waals surface area contributed by atoms with Gasteiger partial charge in [0.15, 0.2) is 11.4 Å². The van der Waals surface area contributed by atoms with Crippen LogP contribution in [0.15, 0.2) is 22.6 Å². The summed E-state index contributed by atoms with van der Waals surface area (Å²) in [7, 11) is 0. The lowest BCUT2D eigenvalue weighted by atomic mass is 10.1. The highest BCUT2D eigenvalue weighted by Gasteiger charge is 2.20. The van der Waals surface area contributed by atoms with E-state index in [0.717, 1.165) is 5.56 Å². The van der Waals surface area contributed by atoms with Crippen molar-refractivity contribution in [1.82, 2.24) is 20.4 Å². The molecule has 2 aromatic heterocycles. The molecule has 0 amide bonds. The maximum absolute atomic E-state index is 11.4. The van der Waals surface area contributed by atoms with Crippen molar-refractivity contribution in [3.63, 3.8) is 0 Å². The van der Waals surface area contributed by atoms with Crippen molar-refractivity contribution in [2.24, 2.45) is 0 Å². The summed E-state index contributed by atoms with van der Waals surface area (Å²) >= 11 is 0. The number of rotatable bonds is 2. The van der Waals surface area contributed by atoms with Crippen LogP contribution in [0.5, 0.6) is 5.75 Å². The van der Waals surface area contributed by atoms with Crippen molar-refractivity contribution in [3.05, 3.63) is 29.7 Å². The van der Waals surface area contributed by atoms with Crippen LogP contribution in [-0.2, 0) is 4.79 Å². The summed E-state index contributed by atoms with van der Waals surface area (Å²) < 4.78 is 10.6. The maximum Gasteiger partial charge on any atom is 0.308 e. The first-order valence-corrected chi connectivity index (χ1v) is 6.30. The Kier molecular flexibility index (Phi) is 3.09. The van der Waals surface area contributed by atoms with Crippen molar-refractivity contribution in [2.75, 3.05) is 0 Å². The summed E-state index contributed by atoms with van der Waals surface area (Å²) in [4.78, 5) is 11.4. The summed E-state index contributed by atoms with van der Waals surface area (Å²) in [6, 6.07) is 5.59. The third-order valence-electron chi connectivity index (χ3n) is 2.85. The van der Waals surface area contributed by atoms with Gasteiger partial charge in [-0.2, -0.15) is 0 Å². The minimum atomic E-state index is -0.456. The van der Waals surface area contributed by atoms with Gasteiger partial charge in [-0.1, -0.05) is 6.07 Å². The predicted molar refractivity (Wildman–Crippen MR) is 73.6 cm³/mol. The highest BCUT2D eigenvalue weighted by atomic mass is 16.5. The molecule has 0 aliphatic heterocycles. The number of aryl methyl sites for hydroxylation is 2. The van der Waals surface area contributed by atoms with Gasteiger partial charge in [0, 0.05) is 19.2 Å². The second kappa shape index (κ2) is 4.93. The van der Waals surface area contributed by atoms with Gasteiger partial charge in [0.05, 0.1) is 5.52 Å². The van der Waals surface area contributed by atoms with E-state index in [1.54, 1.807) is 6.92 Å². The van der Waals surface area contributed by atoms with E-state index >= 15 is 0 Å². The molecule has 0 atom stereocenters. The van der Waals surface area contributed by atoms with Crippen molar-refractivity contribution in [1.29, 1.82) is 0 Å². The van der Waals surface area contributed by atoms with E-state index in [9.17, 15) is 4.79 Å². The Balaban J connectivity index is 2.28. The first-order chi connectivity index (χ1) is 10.0. The van der Waals surface area contributed by atoms with Crippen LogP contribution in [-0.4, -0.2) is 26.4 Å². The van der Waals surface area contributed by atoms with E-state index in [-0.39, 0.29) is 17.3 Å². The molecule has 2 heterocycles. The monoisotopic (exact) mass is 284 g/mol. The van der Waals surface area contributed by atoms with Gasteiger partial charge in [0.2, 0.25) is 5.89 Å². The number of nitrogens with zero attached hydrogens (tertiary/aromatic N) is 4. The van der Waals surface area contributed by atoms with Gasteiger partial charge >= 0.3 is 5.97 Å². The Bertz CT molecular complexity index is 841. The van der Waals surface area contributed by atoms with Gasteiger partial charge < -0.3 is 9.15 Å². The quantitative estimate of drug-likeness (QED) is 0.666. The number of hydrogen-bond acceptors (Lipinski definition) is 7. The lowest BCUT2D eigenvalue weighted by Gasteiger charge is -2.08. The summed E-state index contributed by atoms with van der Waals surface area (Å²) in [5.74, 6) is 0.377. The van der Waals surface area contributed by atoms with Crippen LogP contribution in [0.25, 0.3) is 22.5 Å². The Morgan fingerprint density at radius 2 is 1.95 bits per heavy atom. The van der Waals surface area contributed by atoms with Gasteiger partial charge in [-0.3, -0.25) is 4.79 Å². The molecule has 7 heteroatoms. The van der Waals surface area contributed by atoms with Crippen LogP contribution >= 0.6 is 0 Å². The SMILES string of the molecule is CC(=O)Oc1c(-c2nnc(C)o2)nnc2cc(C)ccc12. The third kappa shape index (κ3) is 2.45. The van der Waals surface area contributed by atoms with Crippen molar-refractivity contribution in [2.45, 2.75) is 20.8 Å². The van der Waals surface area contributed by atoms with Gasteiger partial charge in [0.25, 0.3) is 5.89 Å². The molecule has 0 saturated carbocycles. The molecule has 0 aliphatic rings. The molecule has 7 nitrogen and oxygen atoms in total. The molecule has 0 spiro atoms. The van der Waals surface area contributed by atoms with Crippen LogP contribution in [0.3, 0.4) is 0 Å². The van der Waals surface area contributed by atoms with E-state index in [1.807, 2.05) is 25.1 Å². The smallest absolute Gasteiger partial charge is 0.308 e. The molecule has 0 aliphatic carbocycles. The standard InChI is InChI=1S/C14H12N4O3/c1-7-4-5-10-11(6-7)16-17-12(13(10)21-9(3)19)14-18-15-8(2)20-14/h4-6H,1-3H3. The fraction of sp³-hybridized carbons (Fsp3) is 0.214. The zero-order chi connectivity index (χ0) is 15.0. The largest absolute Gasteiger partial charge is 0.423 e. The Hall–Kier alpha value is -2.83. The average molecular weight is 284 g/mol. The molecular formula is C14H12N4O3.